The van der Waals surface area contributed by atoms with Crippen molar-refractivity contribution >= 4 is 0 Å². The normalized spacial score (nSPS) is 14.0. The Morgan fingerprint density at radius 2 is 2.00 bits per heavy atom. The Morgan fingerprint density at radius 1 is 1.33 bits per heavy atom. The van der Waals surface area contributed by atoms with Crippen molar-refractivity contribution in [1.29, 1.82) is 0 Å². The first-order valence-electron chi connectivity index (χ1n) is 4.75. The quantitative estimate of drug-likeness (QED) is 0.518. The summed E-state index contributed by atoms with van der Waals surface area (Å²) in [6.45, 7) is 12.0. The van der Waals surface area contributed by atoms with Crippen LogP contribution in [0.4, 0.5) is 0 Å². The van der Waals surface area contributed by atoms with Gasteiger partial charge in [-0.1, -0.05) is 51.7 Å². The number of rotatable bonds is 6. The van der Waals surface area contributed by atoms with Gasteiger partial charge < -0.3 is 0 Å². The van der Waals surface area contributed by atoms with Gasteiger partial charge in [0.25, 0.3) is 0 Å². The minimum atomic E-state index is 0.672. The maximum atomic E-state index is 3.81. The fourth-order valence-corrected chi connectivity index (χ4v) is 1.46. The third-order valence-corrected chi connectivity index (χ3v) is 2.15. The Labute approximate surface area is 76.7 Å². The Hall–Kier alpha value is -0.780. The van der Waals surface area contributed by atoms with E-state index in [2.05, 4.69) is 33.1 Å². The Morgan fingerprint density at radius 3 is 2.33 bits per heavy atom. The van der Waals surface area contributed by atoms with E-state index in [1.54, 1.807) is 0 Å². The predicted octanol–water partition coefficient (Wildman–Crippen LogP) is 4.11. The summed E-state index contributed by atoms with van der Waals surface area (Å²) in [5.41, 5.74) is 1.33. The van der Waals surface area contributed by atoms with Gasteiger partial charge in [0.2, 0.25) is 0 Å². The van der Waals surface area contributed by atoms with Gasteiger partial charge in [-0.2, -0.15) is 0 Å². The van der Waals surface area contributed by atoms with Gasteiger partial charge in [-0.05, 0) is 24.3 Å². The summed E-state index contributed by atoms with van der Waals surface area (Å²) in [4.78, 5) is 0. The maximum Gasteiger partial charge on any atom is -0.0165 e. The fraction of sp³-hybridized carbons (Fsp3) is 0.500. The lowest BCUT2D eigenvalue weighted by Gasteiger charge is -2.14. The van der Waals surface area contributed by atoms with Crippen LogP contribution in [0.3, 0.4) is 0 Å². The van der Waals surface area contributed by atoms with Gasteiger partial charge in [-0.15, -0.1) is 0 Å². The molecule has 12 heavy (non-hydrogen) atoms. The first kappa shape index (κ1) is 11.2. The first-order valence-corrected chi connectivity index (χ1v) is 4.75. The average molecular weight is 164 g/mol. The topological polar surface area (TPSA) is 0 Å². The summed E-state index contributed by atoms with van der Waals surface area (Å²) >= 11 is 0. The molecular formula is C12H20. The van der Waals surface area contributed by atoms with Crippen molar-refractivity contribution in [2.75, 3.05) is 0 Å². The summed E-state index contributed by atoms with van der Waals surface area (Å²) in [6.07, 6.45) is 9.54. The zero-order valence-electron chi connectivity index (χ0n) is 8.34. The van der Waals surface area contributed by atoms with Crippen LogP contribution in [-0.2, 0) is 0 Å². The highest BCUT2D eigenvalue weighted by Crippen LogP contribution is 2.21. The third kappa shape index (κ3) is 3.56. The van der Waals surface area contributed by atoms with E-state index < -0.39 is 0 Å². The molecule has 0 saturated carbocycles. The lowest BCUT2D eigenvalue weighted by atomic mass is 9.91. The molecule has 0 aliphatic carbocycles. The predicted molar refractivity (Wildman–Crippen MR) is 57.2 cm³/mol. The van der Waals surface area contributed by atoms with E-state index in [4.69, 9.17) is 0 Å². The molecule has 0 radical (unpaired) electrons. The molecule has 0 rings (SSSR count). The molecule has 0 aliphatic heterocycles. The Kier molecular flexibility index (Phi) is 6.45. The van der Waals surface area contributed by atoms with Crippen LogP contribution in [-0.4, -0.2) is 0 Å². The van der Waals surface area contributed by atoms with E-state index in [0.29, 0.717) is 5.92 Å². The van der Waals surface area contributed by atoms with Gasteiger partial charge in [0.1, 0.15) is 0 Å². The number of hydrogen-bond acceptors (Lipinski definition) is 0. The lowest BCUT2D eigenvalue weighted by Crippen LogP contribution is -2.00. The second kappa shape index (κ2) is 6.90. The molecule has 0 bridgehead atoms. The largest absolute Gasteiger partial charge is 0.0991 e. The molecule has 0 spiro atoms. The van der Waals surface area contributed by atoms with E-state index in [-0.39, 0.29) is 0 Å². The third-order valence-electron chi connectivity index (χ3n) is 2.15. The molecule has 0 fully saturated rings. The summed E-state index contributed by atoms with van der Waals surface area (Å²) in [6, 6.07) is 0. The van der Waals surface area contributed by atoms with Crippen LogP contribution in [0.5, 0.6) is 0 Å². The molecule has 0 aromatic heterocycles. The minimum Gasteiger partial charge on any atom is -0.0991 e. The van der Waals surface area contributed by atoms with Gasteiger partial charge >= 0.3 is 0 Å². The molecule has 0 amide bonds. The molecule has 0 nitrogen and oxygen atoms in total. The molecule has 0 aliphatic rings. The van der Waals surface area contributed by atoms with Crippen molar-refractivity contribution in [3.05, 3.63) is 37.0 Å². The second-order valence-electron chi connectivity index (χ2n) is 3.00. The van der Waals surface area contributed by atoms with Crippen LogP contribution >= 0.6 is 0 Å². The van der Waals surface area contributed by atoms with E-state index >= 15 is 0 Å². The molecule has 0 N–H and O–H groups in total. The van der Waals surface area contributed by atoms with Gasteiger partial charge in [-0.25, -0.2) is 0 Å². The monoisotopic (exact) mass is 164 g/mol. The fourth-order valence-electron chi connectivity index (χ4n) is 1.46. The van der Waals surface area contributed by atoms with Gasteiger partial charge in [0, 0.05) is 0 Å². The molecule has 1 unspecified atom stereocenters. The summed E-state index contributed by atoms with van der Waals surface area (Å²) < 4.78 is 0. The van der Waals surface area contributed by atoms with Gasteiger partial charge in [-0.3, -0.25) is 0 Å². The van der Waals surface area contributed by atoms with Crippen LogP contribution in [0.25, 0.3) is 0 Å². The van der Waals surface area contributed by atoms with Crippen molar-refractivity contribution in [2.45, 2.75) is 33.1 Å². The molecule has 0 heterocycles. The number of allylic oxidation sites excluding steroid dienone is 4. The van der Waals surface area contributed by atoms with Gasteiger partial charge in [0.05, 0.1) is 0 Å². The zero-order chi connectivity index (χ0) is 9.40. The van der Waals surface area contributed by atoms with Crippen LogP contribution < -0.4 is 0 Å². The van der Waals surface area contributed by atoms with Crippen molar-refractivity contribution in [1.82, 2.24) is 0 Å². The molecule has 0 aromatic carbocycles. The Bertz CT molecular complexity index is 163. The maximum absolute atomic E-state index is 3.81. The van der Waals surface area contributed by atoms with Crippen LogP contribution in [0.2, 0.25) is 0 Å². The first-order chi connectivity index (χ1) is 5.79. The Balaban J connectivity index is 4.31. The van der Waals surface area contributed by atoms with E-state index in [1.807, 2.05) is 12.2 Å². The standard InChI is InChI=1S/C12H20/c1-5-9-11(7-3)12(8-4)10-6-2/h5,7,9,12H,1,3,6,8,10H2,2,4H3/b11-9+. The highest BCUT2D eigenvalue weighted by atomic mass is 14.1. The average Bonchev–Trinajstić information content (AvgIpc) is 2.11. The second-order valence-corrected chi connectivity index (χ2v) is 3.00. The van der Waals surface area contributed by atoms with E-state index in [0.717, 1.165) is 0 Å². The molecule has 0 aromatic rings. The van der Waals surface area contributed by atoms with Crippen LogP contribution in [0.15, 0.2) is 37.0 Å². The molecule has 0 saturated heterocycles. The van der Waals surface area contributed by atoms with E-state index in [9.17, 15) is 0 Å². The van der Waals surface area contributed by atoms with Crippen molar-refractivity contribution in [3.63, 3.8) is 0 Å². The van der Waals surface area contributed by atoms with E-state index in [1.165, 1.54) is 24.8 Å². The molecule has 0 heteroatoms. The van der Waals surface area contributed by atoms with Crippen molar-refractivity contribution in [3.8, 4) is 0 Å². The SMILES string of the molecule is C=C/C=C(\C=C)C(CC)CCC. The van der Waals surface area contributed by atoms with Crippen molar-refractivity contribution in [2.24, 2.45) is 5.92 Å². The highest BCUT2D eigenvalue weighted by molar-refractivity contribution is 5.23. The van der Waals surface area contributed by atoms with Crippen LogP contribution in [0.1, 0.15) is 33.1 Å². The summed E-state index contributed by atoms with van der Waals surface area (Å²) in [7, 11) is 0. The smallest absolute Gasteiger partial charge is 0.0165 e. The van der Waals surface area contributed by atoms with Crippen LogP contribution in [0, 0.1) is 5.92 Å². The number of hydrogen-bond donors (Lipinski definition) is 0. The minimum absolute atomic E-state index is 0.672. The highest BCUT2D eigenvalue weighted by Gasteiger charge is 2.06. The molecule has 68 valence electrons. The molecular weight excluding hydrogens is 144 g/mol. The van der Waals surface area contributed by atoms with Crippen molar-refractivity contribution < 1.29 is 0 Å². The zero-order valence-corrected chi connectivity index (χ0v) is 8.34. The summed E-state index contributed by atoms with van der Waals surface area (Å²) in [5, 5.41) is 0. The van der Waals surface area contributed by atoms with Gasteiger partial charge in [0.15, 0.2) is 0 Å². The molecule has 1 atom stereocenters. The lowest BCUT2D eigenvalue weighted by molar-refractivity contribution is 0.544. The summed E-state index contributed by atoms with van der Waals surface area (Å²) in [5.74, 6) is 0.672.